The van der Waals surface area contributed by atoms with Crippen LogP contribution in [0.5, 0.6) is 0 Å². The summed E-state index contributed by atoms with van der Waals surface area (Å²) in [6.07, 6.45) is 3.43. The van der Waals surface area contributed by atoms with Gasteiger partial charge in [-0.2, -0.15) is 5.10 Å². The molecule has 0 radical (unpaired) electrons. The number of benzene rings is 1. The summed E-state index contributed by atoms with van der Waals surface area (Å²) in [7, 11) is 0. The van der Waals surface area contributed by atoms with E-state index in [1.54, 1.807) is 35.1 Å². The van der Waals surface area contributed by atoms with E-state index in [2.05, 4.69) is 29.1 Å². The fourth-order valence-electron chi connectivity index (χ4n) is 4.71. The normalized spacial score (nSPS) is 24.3. The van der Waals surface area contributed by atoms with Gasteiger partial charge in [-0.3, -0.25) is 14.3 Å². The number of anilines is 2. The van der Waals surface area contributed by atoms with E-state index in [1.807, 2.05) is 4.90 Å². The Hall–Kier alpha value is -3.05. The maximum Gasteiger partial charge on any atom is 0.254 e. The molecule has 1 aliphatic heterocycles. The largest absolute Gasteiger partial charge is 0.365 e. The molecule has 1 saturated carbocycles. The van der Waals surface area contributed by atoms with E-state index in [9.17, 15) is 9.59 Å². The molecule has 1 unspecified atom stereocenters. The molecule has 0 bridgehead atoms. The molecule has 8 nitrogen and oxygen atoms in total. The molecule has 2 aromatic rings. The van der Waals surface area contributed by atoms with Crippen LogP contribution in [0.2, 0.25) is 5.02 Å². The Bertz CT molecular complexity index is 1060. The maximum atomic E-state index is 12.9. The number of nitrogens with zero attached hydrogens (tertiary/aromatic N) is 4. The minimum atomic E-state index is -0.601. The Morgan fingerprint density at radius 1 is 1.25 bits per heavy atom. The van der Waals surface area contributed by atoms with Gasteiger partial charge in [0.05, 0.1) is 0 Å². The van der Waals surface area contributed by atoms with E-state index in [1.165, 1.54) is 0 Å². The Kier molecular flexibility index (Phi) is 5.87. The van der Waals surface area contributed by atoms with Crippen LogP contribution in [-0.2, 0) is 4.79 Å². The van der Waals surface area contributed by atoms with E-state index in [-0.39, 0.29) is 28.8 Å². The lowest BCUT2D eigenvalue weighted by Crippen LogP contribution is -2.57. The second-order valence-corrected chi connectivity index (χ2v) is 9.94. The summed E-state index contributed by atoms with van der Waals surface area (Å²) < 4.78 is 1.66. The first-order chi connectivity index (χ1) is 15.2. The first-order valence-electron chi connectivity index (χ1n) is 10.7. The van der Waals surface area contributed by atoms with E-state index in [4.69, 9.17) is 23.9 Å². The number of primary amides is 1. The van der Waals surface area contributed by atoms with Crippen LogP contribution >= 0.6 is 11.6 Å². The highest BCUT2D eigenvalue weighted by Crippen LogP contribution is 2.38. The molecule has 1 aromatic carbocycles. The molecule has 4 rings (SSSR count). The van der Waals surface area contributed by atoms with Crippen LogP contribution < -0.4 is 11.1 Å². The molecular weight excluding hydrogens is 428 g/mol. The molecule has 1 aliphatic carbocycles. The van der Waals surface area contributed by atoms with Crippen LogP contribution in [0, 0.1) is 17.9 Å². The van der Waals surface area contributed by atoms with Gasteiger partial charge in [0.2, 0.25) is 11.9 Å². The van der Waals surface area contributed by atoms with Crippen molar-refractivity contribution in [3.8, 4) is 0 Å². The van der Waals surface area contributed by atoms with Gasteiger partial charge in [0.25, 0.3) is 5.91 Å². The average Bonchev–Trinajstić information content (AvgIpc) is 3.16. The molecule has 1 aromatic heterocycles. The molecule has 2 fully saturated rings. The zero-order valence-corrected chi connectivity index (χ0v) is 19.0. The quantitative estimate of drug-likeness (QED) is 0.670. The molecule has 2 amide bonds. The van der Waals surface area contributed by atoms with Crippen LogP contribution in [0.3, 0.4) is 0 Å². The number of hydrogen-bond donors (Lipinski definition) is 2. The first-order valence-corrected chi connectivity index (χ1v) is 11.1. The van der Waals surface area contributed by atoms with Crippen LogP contribution in [0.25, 0.3) is 4.85 Å². The lowest BCUT2D eigenvalue weighted by Gasteiger charge is -2.47. The fourth-order valence-corrected chi connectivity index (χ4v) is 4.83. The van der Waals surface area contributed by atoms with Gasteiger partial charge in [-0.05, 0) is 42.5 Å². The van der Waals surface area contributed by atoms with Crippen molar-refractivity contribution in [1.29, 1.82) is 0 Å². The highest BCUT2D eigenvalue weighted by molar-refractivity contribution is 6.30. The third kappa shape index (κ3) is 4.44. The van der Waals surface area contributed by atoms with Gasteiger partial charge in [0, 0.05) is 42.3 Å². The molecule has 2 aliphatic rings. The molecule has 9 heteroatoms. The minimum absolute atomic E-state index is 0.140. The number of likely N-dealkylation sites (tertiary alicyclic amines) is 1. The predicted molar refractivity (Wildman–Crippen MR) is 123 cm³/mol. The van der Waals surface area contributed by atoms with E-state index < -0.39 is 11.9 Å². The van der Waals surface area contributed by atoms with Gasteiger partial charge in [-0.15, -0.1) is 0 Å². The zero-order valence-electron chi connectivity index (χ0n) is 18.2. The topological polar surface area (TPSA) is 97.6 Å². The van der Waals surface area contributed by atoms with Crippen LogP contribution in [-0.4, -0.2) is 45.6 Å². The number of carbonyl (C=O) groups is 2. The molecule has 3 N–H and O–H groups in total. The molecular formula is C23H27ClN6O2. The third-order valence-corrected chi connectivity index (χ3v) is 6.54. The summed E-state index contributed by atoms with van der Waals surface area (Å²) in [5.41, 5.74) is 6.73. The van der Waals surface area contributed by atoms with E-state index in [0.29, 0.717) is 30.1 Å². The van der Waals surface area contributed by atoms with Gasteiger partial charge < -0.3 is 20.8 Å². The molecule has 168 valence electrons. The molecule has 32 heavy (non-hydrogen) atoms. The van der Waals surface area contributed by atoms with Gasteiger partial charge in [0.15, 0.2) is 5.82 Å². The standard InChI is InChI=1S/C23H27ClN6O2/c1-23(2)12-29(13-23)22(32)14-4-9-19(18(10-14)26-3)30-11-17(20(25)31)21(28-30)27-16-7-5-15(24)6-8-16/h5-8,11,14,18-19H,4,9-10,12-13H2,1-2H3,(H2,25,31)(H,27,28)/t14-,18-,19?/m1/s1. The second kappa shape index (κ2) is 8.47. The lowest BCUT2D eigenvalue weighted by atomic mass is 9.79. The van der Waals surface area contributed by atoms with Gasteiger partial charge in [-0.1, -0.05) is 25.4 Å². The number of halogens is 1. The number of carbonyl (C=O) groups excluding carboxylic acids is 2. The van der Waals surface area contributed by atoms with Crippen molar-refractivity contribution in [3.05, 3.63) is 52.5 Å². The number of rotatable bonds is 5. The Morgan fingerprint density at radius 2 is 1.94 bits per heavy atom. The summed E-state index contributed by atoms with van der Waals surface area (Å²) in [6, 6.07) is 6.41. The lowest BCUT2D eigenvalue weighted by molar-refractivity contribution is -0.147. The maximum absolute atomic E-state index is 12.9. The number of nitrogens with one attached hydrogen (secondary N) is 1. The smallest absolute Gasteiger partial charge is 0.254 e. The van der Waals surface area contributed by atoms with E-state index >= 15 is 0 Å². The summed E-state index contributed by atoms with van der Waals surface area (Å²) in [5, 5.41) is 8.27. The van der Waals surface area contributed by atoms with Crippen molar-refractivity contribution in [2.45, 2.75) is 45.2 Å². The third-order valence-electron chi connectivity index (χ3n) is 6.29. The van der Waals surface area contributed by atoms with Gasteiger partial charge in [-0.25, -0.2) is 6.57 Å². The van der Waals surface area contributed by atoms with Crippen molar-refractivity contribution >= 4 is 34.9 Å². The van der Waals surface area contributed by atoms with Crippen molar-refractivity contribution in [2.75, 3.05) is 18.4 Å². The first kappa shape index (κ1) is 22.2. The second-order valence-electron chi connectivity index (χ2n) is 9.50. The molecule has 2 heterocycles. The van der Waals surface area contributed by atoms with Crippen LogP contribution in [0.4, 0.5) is 11.5 Å². The van der Waals surface area contributed by atoms with Crippen molar-refractivity contribution in [1.82, 2.24) is 14.7 Å². The molecule has 1 saturated heterocycles. The summed E-state index contributed by atoms with van der Waals surface area (Å²) in [6.45, 7) is 13.6. The van der Waals surface area contributed by atoms with Gasteiger partial charge in [0.1, 0.15) is 11.6 Å². The number of hydrogen-bond acceptors (Lipinski definition) is 4. The fraction of sp³-hybridized carbons (Fsp3) is 0.478. The van der Waals surface area contributed by atoms with Crippen molar-refractivity contribution in [3.63, 3.8) is 0 Å². The van der Waals surface area contributed by atoms with Crippen LogP contribution in [0.1, 0.15) is 49.5 Å². The SMILES string of the molecule is [C-]#[N+][C@@H]1C[C@H](C(=O)N2CC(C)(C)C2)CCC1n1cc(C(N)=O)c(Nc2ccc(Cl)cc2)n1. The van der Waals surface area contributed by atoms with Crippen molar-refractivity contribution < 1.29 is 9.59 Å². The minimum Gasteiger partial charge on any atom is -0.365 e. The highest BCUT2D eigenvalue weighted by atomic mass is 35.5. The number of amides is 2. The summed E-state index contributed by atoms with van der Waals surface area (Å²) >= 11 is 5.94. The van der Waals surface area contributed by atoms with Crippen molar-refractivity contribution in [2.24, 2.45) is 17.1 Å². The molecule has 3 atom stereocenters. The summed E-state index contributed by atoms with van der Waals surface area (Å²) in [5.74, 6) is -0.250. The van der Waals surface area contributed by atoms with E-state index in [0.717, 1.165) is 18.8 Å². The van der Waals surface area contributed by atoms with Crippen LogP contribution in [0.15, 0.2) is 30.5 Å². The van der Waals surface area contributed by atoms with Gasteiger partial charge >= 0.3 is 0 Å². The monoisotopic (exact) mass is 454 g/mol. The predicted octanol–water partition coefficient (Wildman–Crippen LogP) is 3.88. The number of nitrogens with two attached hydrogens (primary N) is 1. The zero-order chi connectivity index (χ0) is 23.0. The molecule has 0 spiro atoms. The Balaban J connectivity index is 1.50. The number of aromatic nitrogens is 2. The average molecular weight is 455 g/mol. The Morgan fingerprint density at radius 3 is 2.53 bits per heavy atom. The summed E-state index contributed by atoms with van der Waals surface area (Å²) in [4.78, 5) is 30.6. The highest BCUT2D eigenvalue weighted by Gasteiger charge is 2.44. The Labute approximate surface area is 192 Å².